The normalized spacial score (nSPS) is 12.0. The average Bonchev–Trinajstić information content (AvgIpc) is 2.90. The molecule has 0 aliphatic rings. The highest BCUT2D eigenvalue weighted by molar-refractivity contribution is 6.30. The molecule has 0 saturated carbocycles. The maximum Gasteiger partial charge on any atom is 0.266 e. The van der Waals surface area contributed by atoms with Crippen LogP contribution in [0.15, 0.2) is 77.6 Å². The fraction of sp³-hybridized carbons (Fsp3) is 0.323. The number of carbonyl (C=O) groups is 1. The Morgan fingerprint density at radius 1 is 0.973 bits per heavy atom. The number of carbonyl (C=O) groups excluding carboxylic acids is 1. The van der Waals surface area contributed by atoms with Crippen LogP contribution in [0.2, 0.25) is 5.02 Å². The van der Waals surface area contributed by atoms with Gasteiger partial charge in [-0.2, -0.15) is 0 Å². The standard InChI is InChI=1S/C31H34ClN3O2/c1-4-6-7-10-20-34(30(36)23-16-18-24(32)19-17-23)28(5-2)29-33-27-15-9-8-14-26(27)31(37)35(29)25-13-11-12-22(3)21-25/h8-9,11-19,21,28H,4-7,10,20H2,1-3H3. The van der Waals surface area contributed by atoms with Gasteiger partial charge in [-0.05, 0) is 73.9 Å². The van der Waals surface area contributed by atoms with Crippen LogP contribution in [0.1, 0.15) is 73.7 Å². The largest absolute Gasteiger partial charge is 0.328 e. The first-order valence-electron chi connectivity index (χ1n) is 13.1. The molecule has 1 unspecified atom stereocenters. The van der Waals surface area contributed by atoms with E-state index in [1.165, 1.54) is 0 Å². The van der Waals surface area contributed by atoms with Crippen molar-refractivity contribution in [1.29, 1.82) is 0 Å². The third-order valence-corrected chi connectivity index (χ3v) is 6.98. The fourth-order valence-electron chi connectivity index (χ4n) is 4.80. The molecule has 1 amide bonds. The van der Waals surface area contributed by atoms with Crippen molar-refractivity contribution in [3.05, 3.63) is 105 Å². The quantitative estimate of drug-likeness (QED) is 0.205. The van der Waals surface area contributed by atoms with E-state index in [0.29, 0.717) is 40.3 Å². The maximum atomic E-state index is 13.9. The van der Waals surface area contributed by atoms with Gasteiger partial charge in [0.05, 0.1) is 22.6 Å². The first-order valence-corrected chi connectivity index (χ1v) is 13.5. The predicted octanol–water partition coefficient (Wildman–Crippen LogP) is 7.52. The van der Waals surface area contributed by atoms with Crippen molar-refractivity contribution >= 4 is 28.4 Å². The maximum absolute atomic E-state index is 13.9. The monoisotopic (exact) mass is 515 g/mol. The SMILES string of the molecule is CCCCCCN(C(=O)c1ccc(Cl)cc1)C(CC)c1nc2ccccc2c(=O)n1-c1cccc(C)c1. The van der Waals surface area contributed by atoms with Crippen molar-refractivity contribution in [3.63, 3.8) is 0 Å². The predicted molar refractivity (Wildman–Crippen MR) is 152 cm³/mol. The number of para-hydroxylation sites is 1. The number of amides is 1. The Morgan fingerprint density at radius 3 is 2.43 bits per heavy atom. The molecular weight excluding hydrogens is 482 g/mol. The molecule has 0 aliphatic heterocycles. The van der Waals surface area contributed by atoms with Crippen LogP contribution >= 0.6 is 11.6 Å². The minimum Gasteiger partial charge on any atom is -0.328 e. The number of hydrogen-bond acceptors (Lipinski definition) is 3. The Morgan fingerprint density at radius 2 is 1.73 bits per heavy atom. The molecule has 0 N–H and O–H groups in total. The zero-order chi connectivity index (χ0) is 26.4. The number of nitrogens with zero attached hydrogens (tertiary/aromatic N) is 3. The van der Waals surface area contributed by atoms with Gasteiger partial charge in [0, 0.05) is 17.1 Å². The molecule has 4 rings (SSSR count). The highest BCUT2D eigenvalue weighted by Crippen LogP contribution is 2.28. The highest BCUT2D eigenvalue weighted by Gasteiger charge is 2.29. The van der Waals surface area contributed by atoms with Gasteiger partial charge in [-0.15, -0.1) is 0 Å². The average molecular weight is 516 g/mol. The first kappa shape index (κ1) is 26.6. The molecule has 0 bridgehead atoms. The van der Waals surface area contributed by atoms with Gasteiger partial charge in [-0.1, -0.05) is 69.0 Å². The van der Waals surface area contributed by atoms with E-state index in [1.54, 1.807) is 28.8 Å². The summed E-state index contributed by atoms with van der Waals surface area (Å²) in [5.41, 5.74) is 2.87. The third kappa shape index (κ3) is 5.94. The first-order chi connectivity index (χ1) is 17.9. The molecule has 37 heavy (non-hydrogen) atoms. The summed E-state index contributed by atoms with van der Waals surface area (Å²) in [6.45, 7) is 6.80. The van der Waals surface area contributed by atoms with Gasteiger partial charge in [-0.3, -0.25) is 14.2 Å². The number of fused-ring (bicyclic) bond motifs is 1. The zero-order valence-corrected chi connectivity index (χ0v) is 22.5. The Hall–Kier alpha value is -3.44. The van der Waals surface area contributed by atoms with Crippen LogP contribution < -0.4 is 5.56 Å². The Kier molecular flexibility index (Phi) is 8.78. The summed E-state index contributed by atoms with van der Waals surface area (Å²) in [5, 5.41) is 1.14. The lowest BCUT2D eigenvalue weighted by atomic mass is 10.1. The number of rotatable bonds is 10. The van der Waals surface area contributed by atoms with Gasteiger partial charge >= 0.3 is 0 Å². The molecule has 5 nitrogen and oxygen atoms in total. The molecule has 1 heterocycles. The van der Waals surface area contributed by atoms with E-state index in [0.717, 1.165) is 36.9 Å². The summed E-state index contributed by atoms with van der Waals surface area (Å²) < 4.78 is 1.69. The summed E-state index contributed by atoms with van der Waals surface area (Å²) in [7, 11) is 0. The lowest BCUT2D eigenvalue weighted by molar-refractivity contribution is 0.0654. The number of unbranched alkanes of at least 4 members (excludes halogenated alkanes) is 3. The van der Waals surface area contributed by atoms with Gasteiger partial charge in [-0.25, -0.2) is 4.98 Å². The van der Waals surface area contributed by atoms with Crippen molar-refractivity contribution in [2.45, 2.75) is 58.9 Å². The van der Waals surface area contributed by atoms with Crippen LogP contribution in [-0.2, 0) is 0 Å². The number of aromatic nitrogens is 2. The van der Waals surface area contributed by atoms with Crippen molar-refractivity contribution in [3.8, 4) is 5.69 Å². The lowest BCUT2D eigenvalue weighted by Gasteiger charge is -2.32. The van der Waals surface area contributed by atoms with E-state index in [2.05, 4.69) is 6.92 Å². The molecule has 1 atom stereocenters. The molecule has 3 aromatic carbocycles. The van der Waals surface area contributed by atoms with Gasteiger partial charge in [0.1, 0.15) is 5.82 Å². The van der Waals surface area contributed by atoms with Crippen LogP contribution in [-0.4, -0.2) is 26.9 Å². The molecular formula is C31H34ClN3O2. The van der Waals surface area contributed by atoms with Crippen LogP contribution in [0.3, 0.4) is 0 Å². The van der Waals surface area contributed by atoms with E-state index in [9.17, 15) is 9.59 Å². The Bertz CT molecular complexity index is 1430. The number of benzene rings is 3. The molecule has 4 aromatic rings. The van der Waals surface area contributed by atoms with E-state index in [-0.39, 0.29) is 17.5 Å². The van der Waals surface area contributed by atoms with Gasteiger partial charge in [0.25, 0.3) is 11.5 Å². The fourth-order valence-corrected chi connectivity index (χ4v) is 4.92. The molecule has 0 aliphatic carbocycles. The highest BCUT2D eigenvalue weighted by atomic mass is 35.5. The topological polar surface area (TPSA) is 55.2 Å². The minimum atomic E-state index is -0.386. The third-order valence-electron chi connectivity index (χ3n) is 6.73. The van der Waals surface area contributed by atoms with E-state index < -0.39 is 0 Å². The number of aryl methyl sites for hydroxylation is 1. The second-order valence-corrected chi connectivity index (χ2v) is 9.89. The van der Waals surface area contributed by atoms with Gasteiger partial charge in [0.2, 0.25) is 0 Å². The second kappa shape index (κ2) is 12.2. The van der Waals surface area contributed by atoms with E-state index in [1.807, 2.05) is 67.3 Å². The summed E-state index contributed by atoms with van der Waals surface area (Å²) in [4.78, 5) is 34.7. The summed E-state index contributed by atoms with van der Waals surface area (Å²) >= 11 is 6.10. The zero-order valence-electron chi connectivity index (χ0n) is 21.8. The second-order valence-electron chi connectivity index (χ2n) is 9.46. The van der Waals surface area contributed by atoms with Crippen molar-refractivity contribution in [1.82, 2.24) is 14.5 Å². The van der Waals surface area contributed by atoms with Crippen LogP contribution in [0.4, 0.5) is 0 Å². The minimum absolute atomic E-state index is 0.0850. The summed E-state index contributed by atoms with van der Waals surface area (Å²) in [5.74, 6) is 0.493. The molecule has 0 radical (unpaired) electrons. The summed E-state index contributed by atoms with van der Waals surface area (Å²) in [6, 6.07) is 21.9. The van der Waals surface area contributed by atoms with Gasteiger partial charge in [0.15, 0.2) is 0 Å². The molecule has 0 spiro atoms. The van der Waals surface area contributed by atoms with Crippen molar-refractivity contribution in [2.24, 2.45) is 0 Å². The van der Waals surface area contributed by atoms with E-state index >= 15 is 0 Å². The molecule has 0 fully saturated rings. The number of halogens is 1. The van der Waals surface area contributed by atoms with Crippen LogP contribution in [0, 0.1) is 6.92 Å². The molecule has 192 valence electrons. The van der Waals surface area contributed by atoms with Gasteiger partial charge < -0.3 is 4.90 Å². The smallest absolute Gasteiger partial charge is 0.266 e. The summed E-state index contributed by atoms with van der Waals surface area (Å²) in [6.07, 6.45) is 4.76. The van der Waals surface area contributed by atoms with Crippen molar-refractivity contribution in [2.75, 3.05) is 6.54 Å². The van der Waals surface area contributed by atoms with E-state index in [4.69, 9.17) is 16.6 Å². The molecule has 0 saturated heterocycles. The van der Waals surface area contributed by atoms with Crippen LogP contribution in [0.25, 0.3) is 16.6 Å². The molecule has 6 heteroatoms. The van der Waals surface area contributed by atoms with Crippen molar-refractivity contribution < 1.29 is 4.79 Å². The number of hydrogen-bond donors (Lipinski definition) is 0. The Labute approximate surface area is 223 Å². The Balaban J connectivity index is 1.89. The molecule has 1 aromatic heterocycles. The van der Waals surface area contributed by atoms with Crippen LogP contribution in [0.5, 0.6) is 0 Å². The lowest BCUT2D eigenvalue weighted by Crippen LogP contribution is -2.39.